The minimum Gasteiger partial charge on any atom is -0.496 e. The lowest BCUT2D eigenvalue weighted by atomic mass is 9.98. The number of piperidine rings is 1. The lowest BCUT2D eigenvalue weighted by molar-refractivity contribution is -0.151. The van der Waals surface area contributed by atoms with Gasteiger partial charge in [-0.15, -0.1) is 0 Å². The van der Waals surface area contributed by atoms with Gasteiger partial charge in [-0.2, -0.15) is 0 Å². The summed E-state index contributed by atoms with van der Waals surface area (Å²) in [6.45, 7) is 2.73. The van der Waals surface area contributed by atoms with Crippen LogP contribution in [0.4, 0.5) is 0 Å². The summed E-state index contributed by atoms with van der Waals surface area (Å²) in [6.07, 6.45) is 1.41. The van der Waals surface area contributed by atoms with Gasteiger partial charge in [0.2, 0.25) is 5.91 Å². The Morgan fingerprint density at radius 1 is 1.30 bits per heavy atom. The number of methoxy groups -OCH3 is 1. The third kappa shape index (κ3) is 4.97. The predicted octanol–water partition coefficient (Wildman–Crippen LogP) is 1.88. The molecule has 3 rings (SSSR count). The van der Waals surface area contributed by atoms with Crippen LogP contribution in [-0.2, 0) is 14.3 Å². The summed E-state index contributed by atoms with van der Waals surface area (Å²) < 4.78 is 15.6. The number of nitrogens with zero attached hydrogens (tertiary/aromatic N) is 2. The zero-order valence-electron chi connectivity index (χ0n) is 17.1. The molecular weight excluding hydrogens is 390 g/mol. The molecule has 1 atom stereocenters. The number of aromatic nitrogens is 1. The first-order valence-electron chi connectivity index (χ1n) is 9.86. The molecule has 0 bridgehead atoms. The number of rotatable bonds is 7. The molecule has 1 N–H and O–H groups in total. The van der Waals surface area contributed by atoms with E-state index in [1.807, 2.05) is 12.1 Å². The smallest absolute Gasteiger partial charge is 0.310 e. The Morgan fingerprint density at radius 3 is 2.87 bits per heavy atom. The molecule has 30 heavy (non-hydrogen) atoms. The van der Waals surface area contributed by atoms with Crippen LogP contribution in [0.15, 0.2) is 34.9 Å². The van der Waals surface area contributed by atoms with E-state index in [2.05, 4.69) is 10.5 Å². The van der Waals surface area contributed by atoms with E-state index in [0.717, 1.165) is 0 Å². The number of benzene rings is 1. The van der Waals surface area contributed by atoms with Crippen molar-refractivity contribution in [2.75, 3.05) is 33.4 Å². The van der Waals surface area contributed by atoms with Crippen molar-refractivity contribution < 1.29 is 28.4 Å². The number of nitrogens with one attached hydrogen (secondary N) is 1. The van der Waals surface area contributed by atoms with Crippen molar-refractivity contribution in [1.29, 1.82) is 0 Å². The van der Waals surface area contributed by atoms with E-state index in [-0.39, 0.29) is 30.0 Å². The Kier molecular flexibility index (Phi) is 7.05. The maximum Gasteiger partial charge on any atom is 0.310 e. The van der Waals surface area contributed by atoms with Gasteiger partial charge in [-0.3, -0.25) is 14.4 Å². The minimum atomic E-state index is -0.521. The second kappa shape index (κ2) is 9.91. The molecule has 1 aromatic heterocycles. The minimum absolute atomic E-state index is 0.0618. The monoisotopic (exact) mass is 415 g/mol. The number of carbonyl (C=O) groups excluding carboxylic acids is 3. The van der Waals surface area contributed by atoms with Crippen molar-refractivity contribution >= 4 is 17.8 Å². The summed E-state index contributed by atoms with van der Waals surface area (Å²) in [5, 5.41) is 6.34. The Bertz CT molecular complexity index is 910. The number of carbonyl (C=O) groups is 3. The van der Waals surface area contributed by atoms with E-state index in [1.165, 1.54) is 6.07 Å². The second-order valence-corrected chi connectivity index (χ2v) is 6.89. The number of para-hydroxylation sites is 1. The van der Waals surface area contributed by atoms with Crippen LogP contribution < -0.4 is 10.1 Å². The average Bonchev–Trinajstić information content (AvgIpc) is 3.27. The number of esters is 1. The van der Waals surface area contributed by atoms with Crippen LogP contribution in [0.2, 0.25) is 0 Å². The van der Waals surface area contributed by atoms with Crippen molar-refractivity contribution in [2.24, 2.45) is 5.92 Å². The highest BCUT2D eigenvalue weighted by molar-refractivity contribution is 5.95. The van der Waals surface area contributed by atoms with E-state index in [1.54, 1.807) is 31.1 Å². The van der Waals surface area contributed by atoms with Crippen LogP contribution in [0.5, 0.6) is 5.75 Å². The number of hydrogen-bond acceptors (Lipinski definition) is 7. The molecule has 0 spiro atoms. The van der Waals surface area contributed by atoms with Gasteiger partial charge < -0.3 is 24.2 Å². The van der Waals surface area contributed by atoms with Gasteiger partial charge >= 0.3 is 5.97 Å². The van der Waals surface area contributed by atoms with E-state index < -0.39 is 5.91 Å². The molecule has 0 aliphatic carbocycles. The fourth-order valence-corrected chi connectivity index (χ4v) is 3.37. The molecule has 9 heteroatoms. The summed E-state index contributed by atoms with van der Waals surface area (Å²) >= 11 is 0. The van der Waals surface area contributed by atoms with Crippen LogP contribution in [-0.4, -0.2) is 61.2 Å². The predicted molar refractivity (Wildman–Crippen MR) is 107 cm³/mol. The molecule has 0 saturated carbocycles. The number of ether oxygens (including phenoxy) is 2. The Balaban J connectivity index is 1.56. The Hall–Kier alpha value is -3.36. The first kappa shape index (κ1) is 21.4. The van der Waals surface area contributed by atoms with Gasteiger partial charge in [0.1, 0.15) is 5.75 Å². The van der Waals surface area contributed by atoms with Gasteiger partial charge in [-0.05, 0) is 31.9 Å². The van der Waals surface area contributed by atoms with Crippen LogP contribution in [0.1, 0.15) is 30.3 Å². The van der Waals surface area contributed by atoms with Gasteiger partial charge in [0.15, 0.2) is 11.5 Å². The highest BCUT2D eigenvalue weighted by Crippen LogP contribution is 2.29. The molecule has 1 fully saturated rings. The molecular formula is C21H25N3O6. The SMILES string of the molecule is CCOC(=O)[C@@H]1CCCN(C(=O)CNC(=O)c2cc(-c3ccccc3OC)on2)C1. The van der Waals surface area contributed by atoms with Crippen molar-refractivity contribution in [3.05, 3.63) is 36.0 Å². The molecule has 9 nitrogen and oxygen atoms in total. The molecule has 1 saturated heterocycles. The molecule has 2 amide bonds. The van der Waals surface area contributed by atoms with Gasteiger partial charge in [-0.1, -0.05) is 17.3 Å². The van der Waals surface area contributed by atoms with E-state index in [9.17, 15) is 14.4 Å². The number of hydrogen-bond donors (Lipinski definition) is 1. The maximum absolute atomic E-state index is 12.5. The summed E-state index contributed by atoms with van der Waals surface area (Å²) in [6, 6.07) is 8.71. The summed E-state index contributed by atoms with van der Waals surface area (Å²) in [4.78, 5) is 38.4. The lowest BCUT2D eigenvalue weighted by Gasteiger charge is -2.31. The molecule has 2 heterocycles. The third-order valence-corrected chi connectivity index (χ3v) is 4.91. The van der Waals surface area contributed by atoms with Crippen molar-refractivity contribution in [2.45, 2.75) is 19.8 Å². The first-order chi connectivity index (χ1) is 14.5. The van der Waals surface area contributed by atoms with Crippen LogP contribution >= 0.6 is 0 Å². The average molecular weight is 415 g/mol. The first-order valence-corrected chi connectivity index (χ1v) is 9.86. The fourth-order valence-electron chi connectivity index (χ4n) is 3.37. The molecule has 1 aliphatic rings. The van der Waals surface area contributed by atoms with Gasteiger partial charge in [0.25, 0.3) is 5.91 Å². The molecule has 1 aromatic carbocycles. The molecule has 2 aromatic rings. The van der Waals surface area contributed by atoms with Crippen molar-refractivity contribution in [1.82, 2.24) is 15.4 Å². The number of amides is 2. The largest absolute Gasteiger partial charge is 0.496 e. The van der Waals surface area contributed by atoms with Crippen LogP contribution in [0, 0.1) is 5.92 Å². The summed E-state index contributed by atoms with van der Waals surface area (Å²) in [5.41, 5.74) is 0.729. The normalized spacial score (nSPS) is 16.1. The summed E-state index contributed by atoms with van der Waals surface area (Å²) in [7, 11) is 1.54. The third-order valence-electron chi connectivity index (χ3n) is 4.91. The second-order valence-electron chi connectivity index (χ2n) is 6.89. The fraction of sp³-hybridized carbons (Fsp3) is 0.429. The zero-order valence-corrected chi connectivity index (χ0v) is 17.1. The van der Waals surface area contributed by atoms with E-state index in [0.29, 0.717) is 49.6 Å². The topological polar surface area (TPSA) is 111 Å². The zero-order chi connectivity index (χ0) is 21.5. The van der Waals surface area contributed by atoms with Crippen molar-refractivity contribution in [3.63, 3.8) is 0 Å². The number of likely N-dealkylation sites (tertiary alicyclic amines) is 1. The Labute approximate surface area is 174 Å². The highest BCUT2D eigenvalue weighted by Gasteiger charge is 2.29. The molecule has 0 radical (unpaired) electrons. The molecule has 1 aliphatic heterocycles. The molecule has 0 unspecified atom stereocenters. The maximum atomic E-state index is 12.5. The van der Waals surface area contributed by atoms with Crippen LogP contribution in [0.3, 0.4) is 0 Å². The quantitative estimate of drug-likeness (QED) is 0.687. The van der Waals surface area contributed by atoms with Gasteiger partial charge in [0, 0.05) is 19.2 Å². The van der Waals surface area contributed by atoms with E-state index in [4.69, 9.17) is 14.0 Å². The van der Waals surface area contributed by atoms with Crippen molar-refractivity contribution in [3.8, 4) is 17.1 Å². The van der Waals surface area contributed by atoms with Gasteiger partial charge in [0.05, 0.1) is 31.7 Å². The van der Waals surface area contributed by atoms with Crippen LogP contribution in [0.25, 0.3) is 11.3 Å². The Morgan fingerprint density at radius 2 is 2.10 bits per heavy atom. The lowest BCUT2D eigenvalue weighted by Crippen LogP contribution is -2.46. The van der Waals surface area contributed by atoms with Gasteiger partial charge in [-0.25, -0.2) is 0 Å². The van der Waals surface area contributed by atoms with E-state index >= 15 is 0 Å². The molecule has 160 valence electrons. The standard InChI is InChI=1S/C21H25N3O6/c1-3-29-21(27)14-7-6-10-24(13-14)19(25)12-22-20(26)16-11-18(30-23-16)15-8-4-5-9-17(15)28-2/h4-5,8-9,11,14H,3,6-7,10,12-13H2,1-2H3,(H,22,26)/t14-/m1/s1. The highest BCUT2D eigenvalue weighted by atomic mass is 16.5. The summed E-state index contributed by atoms with van der Waals surface area (Å²) in [5.74, 6) is -0.407.